The van der Waals surface area contributed by atoms with Crippen molar-refractivity contribution in [3.8, 4) is 11.1 Å². The van der Waals surface area contributed by atoms with Crippen LogP contribution in [0.15, 0.2) is 174 Å². The number of nitrogens with zero attached hydrogens (tertiary/aromatic N) is 1. The molecule has 0 spiro atoms. The van der Waals surface area contributed by atoms with Crippen molar-refractivity contribution in [1.82, 2.24) is 0 Å². The van der Waals surface area contributed by atoms with E-state index in [1.165, 1.54) is 61.3 Å². The van der Waals surface area contributed by atoms with E-state index < -0.39 is 5.41 Å². The molecular formula is C51H37NO. The number of benzene rings is 7. The molecule has 2 heteroatoms. The average molecular weight is 680 g/mol. The Morgan fingerprint density at radius 1 is 0.528 bits per heavy atom. The second-order valence-corrected chi connectivity index (χ2v) is 14.7. The lowest BCUT2D eigenvalue weighted by Gasteiger charge is -2.37. The van der Waals surface area contributed by atoms with E-state index >= 15 is 0 Å². The van der Waals surface area contributed by atoms with Gasteiger partial charge in [-0.3, -0.25) is 0 Å². The minimum Gasteiger partial charge on any atom is -0.456 e. The Balaban J connectivity index is 1.15. The van der Waals surface area contributed by atoms with Crippen molar-refractivity contribution in [2.24, 2.45) is 0 Å². The van der Waals surface area contributed by atoms with Crippen molar-refractivity contribution < 1.29 is 4.42 Å². The number of furan rings is 1. The first-order valence-electron chi connectivity index (χ1n) is 18.8. The fourth-order valence-corrected chi connectivity index (χ4v) is 9.66. The number of anilines is 2. The van der Waals surface area contributed by atoms with Crippen molar-refractivity contribution >= 4 is 45.5 Å². The Bertz CT molecular complexity index is 2730. The second-order valence-electron chi connectivity index (χ2n) is 14.7. The van der Waals surface area contributed by atoms with Crippen LogP contribution < -0.4 is 4.90 Å². The summed E-state index contributed by atoms with van der Waals surface area (Å²) in [6.45, 7) is 0. The van der Waals surface area contributed by atoms with Gasteiger partial charge < -0.3 is 9.32 Å². The lowest BCUT2D eigenvalue weighted by atomic mass is 9.67. The molecule has 1 aromatic heterocycles. The number of hydrogen-bond donors (Lipinski definition) is 0. The lowest BCUT2D eigenvalue weighted by Crippen LogP contribution is -2.34. The molecule has 2 nitrogen and oxygen atoms in total. The van der Waals surface area contributed by atoms with Gasteiger partial charge >= 0.3 is 0 Å². The molecule has 11 rings (SSSR count). The van der Waals surface area contributed by atoms with Crippen molar-refractivity contribution in [3.05, 3.63) is 214 Å². The molecule has 252 valence electrons. The van der Waals surface area contributed by atoms with E-state index in [0.717, 1.165) is 46.9 Å². The zero-order valence-corrected chi connectivity index (χ0v) is 29.4. The number of hydrogen-bond acceptors (Lipinski definition) is 2. The minimum absolute atomic E-state index is 0.103. The van der Waals surface area contributed by atoms with Crippen LogP contribution in [-0.2, 0) is 18.3 Å². The maximum atomic E-state index is 6.51. The first-order valence-corrected chi connectivity index (χ1v) is 18.8. The minimum atomic E-state index is -0.473. The van der Waals surface area contributed by atoms with Gasteiger partial charge in [0.25, 0.3) is 0 Å². The third-order valence-electron chi connectivity index (χ3n) is 12.0. The Labute approximate surface area is 310 Å². The van der Waals surface area contributed by atoms with Crippen LogP contribution in [0.4, 0.5) is 11.4 Å². The van der Waals surface area contributed by atoms with Crippen LogP contribution in [0.3, 0.4) is 0 Å². The highest BCUT2D eigenvalue weighted by Crippen LogP contribution is 2.57. The largest absolute Gasteiger partial charge is 0.456 e. The van der Waals surface area contributed by atoms with E-state index in [-0.39, 0.29) is 6.04 Å². The van der Waals surface area contributed by atoms with Crippen LogP contribution in [0, 0.1) is 0 Å². The molecule has 7 aromatic carbocycles. The van der Waals surface area contributed by atoms with Gasteiger partial charge in [-0.25, -0.2) is 0 Å². The van der Waals surface area contributed by atoms with E-state index in [9.17, 15) is 0 Å². The summed E-state index contributed by atoms with van der Waals surface area (Å²) in [5.74, 6) is 0. The molecule has 0 fully saturated rings. The smallest absolute Gasteiger partial charge is 0.137 e. The molecule has 0 radical (unpaired) electrons. The van der Waals surface area contributed by atoms with Crippen LogP contribution in [0.5, 0.6) is 0 Å². The topological polar surface area (TPSA) is 16.4 Å². The average Bonchev–Trinajstić information content (AvgIpc) is 3.75. The summed E-state index contributed by atoms with van der Waals surface area (Å²) in [6.07, 6.45) is 12.5. The fraction of sp³-hybridized carbons (Fsp3) is 0.0980. The summed E-state index contributed by atoms with van der Waals surface area (Å²) in [6, 6.07) is 58.3. The molecule has 0 aliphatic heterocycles. The van der Waals surface area contributed by atoms with E-state index in [1.54, 1.807) is 0 Å². The normalized spacial score (nSPS) is 16.3. The summed E-state index contributed by atoms with van der Waals surface area (Å²) in [4.78, 5) is 2.56. The summed E-state index contributed by atoms with van der Waals surface area (Å²) in [7, 11) is 0. The Morgan fingerprint density at radius 2 is 1.19 bits per heavy atom. The molecule has 0 amide bonds. The highest BCUT2D eigenvalue weighted by molar-refractivity contribution is 6.06. The van der Waals surface area contributed by atoms with Crippen molar-refractivity contribution in [3.63, 3.8) is 0 Å². The Morgan fingerprint density at radius 3 is 2.02 bits per heavy atom. The molecule has 1 atom stereocenters. The standard InChI is InChI=1S/C51H37NO/c1-3-14-36(15-4-1)51(37-16-5-2-6-17-37)47-21-11-9-19-42(47)43-29-27-39(32-48(43)51)52(40-28-30-45-44-20-10-12-22-49(44)53-50(45)33-40)38-26-25-35-24-23-34-13-7-8-18-41(34)46(35)31-38/h1-7,9-17,19-30,32-33,38H,8,18,31H2. The molecule has 0 N–H and O–H groups in total. The van der Waals surface area contributed by atoms with Gasteiger partial charge in [-0.1, -0.05) is 146 Å². The summed E-state index contributed by atoms with van der Waals surface area (Å²) < 4.78 is 6.51. The monoisotopic (exact) mass is 679 g/mol. The van der Waals surface area contributed by atoms with Crippen LogP contribution in [0.2, 0.25) is 0 Å². The van der Waals surface area contributed by atoms with Gasteiger partial charge in [-0.2, -0.15) is 0 Å². The predicted octanol–water partition coefficient (Wildman–Crippen LogP) is 12.7. The van der Waals surface area contributed by atoms with Gasteiger partial charge in [0, 0.05) is 28.2 Å². The zero-order chi connectivity index (χ0) is 34.9. The molecule has 0 saturated carbocycles. The van der Waals surface area contributed by atoms with Gasteiger partial charge in [0.2, 0.25) is 0 Å². The highest BCUT2D eigenvalue weighted by atomic mass is 16.3. The van der Waals surface area contributed by atoms with E-state index in [0.29, 0.717) is 0 Å². The van der Waals surface area contributed by atoms with E-state index in [1.807, 2.05) is 6.07 Å². The first kappa shape index (κ1) is 30.3. The molecule has 53 heavy (non-hydrogen) atoms. The van der Waals surface area contributed by atoms with E-state index in [2.05, 4.69) is 181 Å². The molecule has 3 aliphatic rings. The summed E-state index contributed by atoms with van der Waals surface area (Å²) in [5.41, 5.74) is 17.1. The van der Waals surface area contributed by atoms with Crippen molar-refractivity contribution in [2.75, 3.05) is 4.90 Å². The number of rotatable bonds is 5. The summed E-state index contributed by atoms with van der Waals surface area (Å²) >= 11 is 0. The van der Waals surface area contributed by atoms with Crippen LogP contribution in [-0.4, -0.2) is 6.04 Å². The quantitative estimate of drug-likeness (QED) is 0.180. The van der Waals surface area contributed by atoms with Gasteiger partial charge in [0.1, 0.15) is 11.2 Å². The molecule has 8 aromatic rings. The molecule has 0 saturated heterocycles. The predicted molar refractivity (Wildman–Crippen MR) is 220 cm³/mol. The third-order valence-corrected chi connectivity index (χ3v) is 12.0. The second kappa shape index (κ2) is 11.8. The first-order chi connectivity index (χ1) is 26.3. The molecule has 1 heterocycles. The van der Waals surface area contributed by atoms with Crippen molar-refractivity contribution in [1.29, 1.82) is 0 Å². The van der Waals surface area contributed by atoms with Gasteiger partial charge in [-0.15, -0.1) is 0 Å². The van der Waals surface area contributed by atoms with Gasteiger partial charge in [0.15, 0.2) is 0 Å². The number of fused-ring (bicyclic) bond motifs is 9. The van der Waals surface area contributed by atoms with Crippen molar-refractivity contribution in [2.45, 2.75) is 30.7 Å². The van der Waals surface area contributed by atoms with Crippen LogP contribution in [0.25, 0.3) is 45.2 Å². The molecular weight excluding hydrogens is 643 g/mol. The van der Waals surface area contributed by atoms with E-state index in [4.69, 9.17) is 4.42 Å². The SMILES string of the molecule is C1=Cc2ccc3c(c2CC1)CC(N(c1ccc2c(c1)C(c1ccccc1)(c1ccccc1)c1ccccc1-2)c1ccc2c(c1)oc1ccccc12)C=C3. The fourth-order valence-electron chi connectivity index (χ4n) is 9.66. The Kier molecular flexibility index (Phi) is 6.76. The highest BCUT2D eigenvalue weighted by Gasteiger charge is 2.46. The molecule has 0 bridgehead atoms. The van der Waals surface area contributed by atoms with Gasteiger partial charge in [0.05, 0.1) is 11.5 Å². The third kappa shape index (κ3) is 4.52. The molecule has 1 unspecified atom stereocenters. The number of para-hydroxylation sites is 1. The number of allylic oxidation sites excluding steroid dienone is 1. The van der Waals surface area contributed by atoms with Gasteiger partial charge in [-0.05, 0) is 105 Å². The maximum absolute atomic E-state index is 6.51. The lowest BCUT2D eigenvalue weighted by molar-refractivity contribution is 0.668. The maximum Gasteiger partial charge on any atom is 0.137 e. The Hall–Kier alpha value is -6.38. The van der Waals surface area contributed by atoms with Crippen LogP contribution >= 0.6 is 0 Å². The summed E-state index contributed by atoms with van der Waals surface area (Å²) in [5, 5.41) is 2.30. The molecule has 3 aliphatic carbocycles. The van der Waals surface area contributed by atoms with Crippen LogP contribution in [0.1, 0.15) is 50.9 Å². The zero-order valence-electron chi connectivity index (χ0n) is 29.4.